The molecule has 0 radical (unpaired) electrons. The number of hydrogen-bond acceptors (Lipinski definition) is 4. The van der Waals surface area contributed by atoms with Crippen LogP contribution in [0.3, 0.4) is 0 Å². The zero-order valence-electron chi connectivity index (χ0n) is 10.8. The van der Waals surface area contributed by atoms with Crippen LogP contribution in [0.5, 0.6) is 0 Å². The molecule has 0 amide bonds. The third-order valence-corrected chi connectivity index (χ3v) is 5.81. The van der Waals surface area contributed by atoms with Gasteiger partial charge in [0.25, 0.3) is 0 Å². The number of para-hydroxylation sites is 2. The largest absolute Gasteiger partial charge is 0.481 e. The maximum absolute atomic E-state index is 10.8. The first-order valence-corrected chi connectivity index (χ1v) is 8.82. The highest BCUT2D eigenvalue weighted by Crippen LogP contribution is 2.29. The Morgan fingerprint density at radius 1 is 1.38 bits per heavy atom. The van der Waals surface area contributed by atoms with Gasteiger partial charge in [-0.05, 0) is 39.5 Å². The SMILES string of the molecule is O=C(O)CSc1nc2ccccc2n1Cc1sccc1Br. The van der Waals surface area contributed by atoms with Crippen LogP contribution in [-0.4, -0.2) is 26.4 Å². The molecule has 4 nitrogen and oxygen atoms in total. The Balaban J connectivity index is 2.02. The molecule has 2 aromatic heterocycles. The van der Waals surface area contributed by atoms with Gasteiger partial charge in [-0.2, -0.15) is 0 Å². The van der Waals surface area contributed by atoms with Gasteiger partial charge in [-0.15, -0.1) is 11.3 Å². The molecule has 0 bridgehead atoms. The highest BCUT2D eigenvalue weighted by molar-refractivity contribution is 9.10. The van der Waals surface area contributed by atoms with Gasteiger partial charge in [-0.1, -0.05) is 23.9 Å². The van der Waals surface area contributed by atoms with Gasteiger partial charge >= 0.3 is 5.97 Å². The number of thiophene rings is 1. The van der Waals surface area contributed by atoms with Crippen molar-refractivity contribution in [2.75, 3.05) is 5.75 Å². The number of nitrogens with zero attached hydrogens (tertiary/aromatic N) is 2. The van der Waals surface area contributed by atoms with Crippen LogP contribution in [0.1, 0.15) is 4.88 Å². The van der Waals surface area contributed by atoms with E-state index < -0.39 is 5.97 Å². The molecule has 108 valence electrons. The Bertz CT molecular complexity index is 797. The monoisotopic (exact) mass is 382 g/mol. The molecule has 0 saturated carbocycles. The zero-order valence-corrected chi connectivity index (χ0v) is 14.0. The number of thioether (sulfide) groups is 1. The summed E-state index contributed by atoms with van der Waals surface area (Å²) in [6.07, 6.45) is 0. The molecular weight excluding hydrogens is 372 g/mol. The topological polar surface area (TPSA) is 55.1 Å². The first kappa shape index (κ1) is 14.6. The van der Waals surface area contributed by atoms with Crippen molar-refractivity contribution in [2.45, 2.75) is 11.7 Å². The number of fused-ring (bicyclic) bond motifs is 1. The van der Waals surface area contributed by atoms with Crippen LogP contribution >= 0.6 is 39.0 Å². The third kappa shape index (κ3) is 3.14. The molecule has 1 aromatic carbocycles. The second-order valence-corrected chi connectivity index (χ2v) is 7.14. The lowest BCUT2D eigenvalue weighted by Gasteiger charge is -2.07. The maximum Gasteiger partial charge on any atom is 0.313 e. The molecule has 1 N–H and O–H groups in total. The second-order valence-electron chi connectivity index (χ2n) is 4.34. The van der Waals surface area contributed by atoms with Gasteiger partial charge in [0, 0.05) is 9.35 Å². The maximum atomic E-state index is 10.8. The van der Waals surface area contributed by atoms with Crippen LogP contribution in [0, 0.1) is 0 Å². The van der Waals surface area contributed by atoms with Crippen LogP contribution in [0.15, 0.2) is 45.3 Å². The van der Waals surface area contributed by atoms with Crippen LogP contribution in [0.4, 0.5) is 0 Å². The van der Waals surface area contributed by atoms with Crippen molar-refractivity contribution in [3.63, 3.8) is 0 Å². The number of carbonyl (C=O) groups is 1. The number of halogens is 1. The number of imidazole rings is 1. The number of hydrogen-bond donors (Lipinski definition) is 1. The van der Waals surface area contributed by atoms with E-state index in [0.717, 1.165) is 20.7 Å². The van der Waals surface area contributed by atoms with E-state index in [-0.39, 0.29) is 5.75 Å². The van der Waals surface area contributed by atoms with Crippen molar-refractivity contribution in [1.29, 1.82) is 0 Å². The van der Waals surface area contributed by atoms with Crippen LogP contribution in [0.25, 0.3) is 11.0 Å². The standard InChI is InChI=1S/C14H11BrN2O2S2/c15-9-5-6-20-12(9)7-17-11-4-2-1-3-10(11)16-14(17)21-8-13(18)19/h1-6H,7-8H2,(H,18,19). The number of carboxylic acid groups (broad SMARTS) is 1. The quantitative estimate of drug-likeness (QED) is 0.675. The van der Waals surface area contributed by atoms with E-state index in [1.165, 1.54) is 16.6 Å². The third-order valence-electron chi connectivity index (χ3n) is 2.94. The van der Waals surface area contributed by atoms with Gasteiger partial charge in [0.1, 0.15) is 0 Å². The predicted molar refractivity (Wildman–Crippen MR) is 89.2 cm³/mol. The van der Waals surface area contributed by atoms with E-state index in [1.54, 1.807) is 11.3 Å². The Labute approximate surface area is 137 Å². The lowest BCUT2D eigenvalue weighted by molar-refractivity contribution is -0.133. The molecule has 0 unspecified atom stereocenters. The number of aromatic nitrogens is 2. The van der Waals surface area contributed by atoms with Crippen LogP contribution < -0.4 is 0 Å². The number of rotatable bonds is 5. The summed E-state index contributed by atoms with van der Waals surface area (Å²) in [6, 6.07) is 9.87. The van der Waals surface area contributed by atoms with Gasteiger partial charge < -0.3 is 9.67 Å². The molecule has 0 aliphatic rings. The normalized spacial score (nSPS) is 11.1. The fraction of sp³-hybridized carbons (Fsp3) is 0.143. The highest BCUT2D eigenvalue weighted by Gasteiger charge is 2.14. The molecule has 3 aromatic rings. The number of carboxylic acids is 1. The molecule has 21 heavy (non-hydrogen) atoms. The predicted octanol–water partition coefficient (Wildman–Crippen LogP) is 4.09. The van der Waals surface area contributed by atoms with Gasteiger partial charge in [-0.25, -0.2) is 4.98 Å². The van der Waals surface area contributed by atoms with Gasteiger partial charge in [0.15, 0.2) is 5.16 Å². The lowest BCUT2D eigenvalue weighted by atomic mass is 10.3. The lowest BCUT2D eigenvalue weighted by Crippen LogP contribution is -2.04. The Morgan fingerprint density at radius 3 is 2.90 bits per heavy atom. The number of benzene rings is 1. The molecule has 7 heteroatoms. The second kappa shape index (κ2) is 6.21. The number of aliphatic carboxylic acids is 1. The van der Waals surface area contributed by atoms with Crippen molar-refractivity contribution in [3.8, 4) is 0 Å². The molecular formula is C14H11BrN2O2S2. The average Bonchev–Trinajstić information content (AvgIpc) is 3.02. The van der Waals surface area contributed by atoms with Gasteiger partial charge in [0.05, 0.1) is 23.3 Å². The van der Waals surface area contributed by atoms with E-state index in [9.17, 15) is 4.79 Å². The zero-order chi connectivity index (χ0) is 14.8. The van der Waals surface area contributed by atoms with Gasteiger partial charge in [0.2, 0.25) is 0 Å². The van der Waals surface area contributed by atoms with Gasteiger partial charge in [-0.3, -0.25) is 4.79 Å². The van der Waals surface area contributed by atoms with Crippen molar-refractivity contribution < 1.29 is 9.90 Å². The summed E-state index contributed by atoms with van der Waals surface area (Å²) in [7, 11) is 0. The Kier molecular flexibility index (Phi) is 4.32. The highest BCUT2D eigenvalue weighted by atomic mass is 79.9. The average molecular weight is 383 g/mol. The van der Waals surface area contributed by atoms with Crippen molar-refractivity contribution in [2.24, 2.45) is 0 Å². The van der Waals surface area contributed by atoms with Crippen molar-refractivity contribution in [3.05, 3.63) is 45.1 Å². The van der Waals surface area contributed by atoms with Crippen LogP contribution in [0.2, 0.25) is 0 Å². The van der Waals surface area contributed by atoms with E-state index in [2.05, 4.69) is 25.5 Å². The van der Waals surface area contributed by atoms with E-state index in [4.69, 9.17) is 5.11 Å². The Morgan fingerprint density at radius 2 is 2.19 bits per heavy atom. The summed E-state index contributed by atoms with van der Waals surface area (Å²) in [4.78, 5) is 16.5. The first-order valence-electron chi connectivity index (χ1n) is 6.17. The smallest absolute Gasteiger partial charge is 0.313 e. The van der Waals surface area contributed by atoms with Crippen molar-refractivity contribution in [1.82, 2.24) is 9.55 Å². The molecule has 0 atom stereocenters. The Hall–Kier alpha value is -1.31. The summed E-state index contributed by atoms with van der Waals surface area (Å²) in [5, 5.41) is 11.6. The summed E-state index contributed by atoms with van der Waals surface area (Å²) in [6.45, 7) is 0.681. The van der Waals surface area contributed by atoms with E-state index in [1.807, 2.05) is 35.7 Å². The summed E-state index contributed by atoms with van der Waals surface area (Å²) in [5.74, 6) is -0.828. The molecule has 0 fully saturated rings. The molecule has 0 spiro atoms. The minimum Gasteiger partial charge on any atom is -0.481 e. The summed E-state index contributed by atoms with van der Waals surface area (Å²) in [5.41, 5.74) is 1.91. The summed E-state index contributed by atoms with van der Waals surface area (Å²) >= 11 is 6.46. The molecule has 0 saturated heterocycles. The fourth-order valence-corrected chi connectivity index (χ4v) is 4.22. The van der Waals surface area contributed by atoms with E-state index in [0.29, 0.717) is 6.54 Å². The van der Waals surface area contributed by atoms with Crippen LogP contribution in [-0.2, 0) is 11.3 Å². The minimum atomic E-state index is -0.837. The fourth-order valence-electron chi connectivity index (χ4n) is 2.02. The molecule has 0 aliphatic carbocycles. The molecule has 3 rings (SSSR count). The van der Waals surface area contributed by atoms with E-state index >= 15 is 0 Å². The summed E-state index contributed by atoms with van der Waals surface area (Å²) < 4.78 is 3.14. The first-order chi connectivity index (χ1) is 10.1. The van der Waals surface area contributed by atoms with Crippen molar-refractivity contribution >= 4 is 56.0 Å². The molecule has 2 heterocycles. The molecule has 0 aliphatic heterocycles. The minimum absolute atomic E-state index is 0.00886.